The highest BCUT2D eigenvalue weighted by molar-refractivity contribution is 7.15. The molecular weight excluding hydrogens is 314 g/mol. The van der Waals surface area contributed by atoms with Crippen LogP contribution < -0.4 is 15.0 Å². The van der Waals surface area contributed by atoms with Crippen LogP contribution in [0, 0.1) is 13.8 Å². The van der Waals surface area contributed by atoms with Crippen LogP contribution in [-0.2, 0) is 9.59 Å². The number of rotatable bonds is 4. The van der Waals surface area contributed by atoms with Crippen LogP contribution >= 0.6 is 11.3 Å². The number of amides is 2. The van der Waals surface area contributed by atoms with Crippen molar-refractivity contribution in [2.45, 2.75) is 20.3 Å². The molecule has 0 atom stereocenters. The van der Waals surface area contributed by atoms with Gasteiger partial charge in [0.25, 0.3) is 5.91 Å². The number of aryl methyl sites for hydroxylation is 2. The molecule has 1 N–H and O–H groups in total. The van der Waals surface area contributed by atoms with Crippen molar-refractivity contribution in [3.63, 3.8) is 0 Å². The van der Waals surface area contributed by atoms with Crippen molar-refractivity contribution in [2.75, 3.05) is 23.4 Å². The van der Waals surface area contributed by atoms with Crippen molar-refractivity contribution in [2.24, 2.45) is 0 Å². The number of hydrogen-bond donors (Lipinski definition) is 1. The van der Waals surface area contributed by atoms with Gasteiger partial charge in [-0.15, -0.1) is 11.3 Å². The van der Waals surface area contributed by atoms with E-state index in [2.05, 4.69) is 10.3 Å². The molecule has 120 valence electrons. The Hall–Kier alpha value is -2.41. The number of nitrogens with zero attached hydrogens (tertiary/aromatic N) is 2. The Labute approximate surface area is 138 Å². The molecule has 1 aromatic heterocycles. The molecule has 2 amide bonds. The van der Waals surface area contributed by atoms with Crippen LogP contribution in [0.25, 0.3) is 0 Å². The normalized spacial score (nSPS) is 13.5. The largest absolute Gasteiger partial charge is 0.482 e. The average Bonchev–Trinajstić information content (AvgIpc) is 2.84. The quantitative estimate of drug-likeness (QED) is 0.934. The Bertz CT molecular complexity index is 737. The van der Waals surface area contributed by atoms with Gasteiger partial charge in [-0.05, 0) is 26.0 Å². The molecule has 6 nitrogen and oxygen atoms in total. The third kappa shape index (κ3) is 3.34. The van der Waals surface area contributed by atoms with Crippen LogP contribution in [-0.4, -0.2) is 29.9 Å². The topological polar surface area (TPSA) is 71.5 Å². The minimum absolute atomic E-state index is 0.00347. The molecule has 2 aromatic rings. The molecule has 0 saturated carbocycles. The van der Waals surface area contributed by atoms with Gasteiger partial charge in [0.05, 0.1) is 11.4 Å². The molecule has 1 aromatic carbocycles. The van der Waals surface area contributed by atoms with Gasteiger partial charge in [0.1, 0.15) is 5.75 Å². The number of carbonyl (C=O) groups is 2. The lowest BCUT2D eigenvalue weighted by atomic mass is 10.2. The van der Waals surface area contributed by atoms with Gasteiger partial charge < -0.3 is 15.0 Å². The zero-order chi connectivity index (χ0) is 16.4. The first-order valence-electron chi connectivity index (χ1n) is 7.30. The summed E-state index contributed by atoms with van der Waals surface area (Å²) in [6, 6.07) is 7.33. The lowest BCUT2D eigenvalue weighted by Crippen LogP contribution is -2.40. The fourth-order valence-electron chi connectivity index (χ4n) is 2.32. The summed E-state index contributed by atoms with van der Waals surface area (Å²) < 4.78 is 5.38. The van der Waals surface area contributed by atoms with Crippen LogP contribution in [0.2, 0.25) is 0 Å². The predicted octanol–water partition coefficient (Wildman–Crippen LogP) is 2.51. The molecule has 7 heteroatoms. The monoisotopic (exact) mass is 331 g/mol. The minimum atomic E-state index is -0.157. The van der Waals surface area contributed by atoms with Gasteiger partial charge in [-0.3, -0.25) is 9.59 Å². The van der Waals surface area contributed by atoms with Crippen LogP contribution in [0.1, 0.15) is 17.0 Å². The zero-order valence-corrected chi connectivity index (χ0v) is 13.8. The van der Waals surface area contributed by atoms with Crippen molar-refractivity contribution in [1.82, 2.24) is 4.98 Å². The van der Waals surface area contributed by atoms with E-state index in [1.165, 1.54) is 11.3 Å². The molecule has 1 aliphatic rings. The number of nitrogens with one attached hydrogen (secondary N) is 1. The number of anilines is 2. The Balaban J connectivity index is 1.63. The maximum atomic E-state index is 12.1. The van der Waals surface area contributed by atoms with Crippen LogP contribution in [0.4, 0.5) is 10.8 Å². The van der Waals surface area contributed by atoms with Crippen molar-refractivity contribution in [1.29, 1.82) is 0 Å². The van der Waals surface area contributed by atoms with Crippen molar-refractivity contribution in [3.8, 4) is 5.75 Å². The van der Waals surface area contributed by atoms with E-state index in [1.54, 1.807) is 4.90 Å². The number of ether oxygens (including phenoxy) is 1. The first-order chi connectivity index (χ1) is 11.0. The van der Waals surface area contributed by atoms with E-state index >= 15 is 0 Å². The smallest absolute Gasteiger partial charge is 0.265 e. The molecule has 3 rings (SSSR count). The molecule has 0 spiro atoms. The lowest BCUT2D eigenvalue weighted by Gasteiger charge is -2.29. The molecule has 23 heavy (non-hydrogen) atoms. The summed E-state index contributed by atoms with van der Waals surface area (Å²) in [6.45, 7) is 4.19. The van der Waals surface area contributed by atoms with E-state index in [4.69, 9.17) is 4.74 Å². The Kier molecular flexibility index (Phi) is 4.29. The Morgan fingerprint density at radius 2 is 2.17 bits per heavy atom. The summed E-state index contributed by atoms with van der Waals surface area (Å²) >= 11 is 1.45. The van der Waals surface area contributed by atoms with Crippen LogP contribution in [0.15, 0.2) is 24.3 Å². The summed E-state index contributed by atoms with van der Waals surface area (Å²) in [5.41, 5.74) is 1.63. The maximum absolute atomic E-state index is 12.1. The van der Waals surface area contributed by atoms with Crippen LogP contribution in [0.3, 0.4) is 0 Å². The number of aromatic nitrogens is 1. The standard InChI is InChI=1S/C16H17N3O3S/c1-10-11(2)23-16(17-10)18-14(20)7-8-19-12-5-3-4-6-13(12)22-9-15(19)21/h3-6H,7-9H2,1-2H3,(H,17,18,20). The van der Waals surface area contributed by atoms with Gasteiger partial charge in [0, 0.05) is 17.8 Å². The van der Waals surface area contributed by atoms with Crippen LogP contribution in [0.5, 0.6) is 5.75 Å². The number of fused-ring (bicyclic) bond motifs is 1. The second-order valence-electron chi connectivity index (χ2n) is 5.26. The first-order valence-corrected chi connectivity index (χ1v) is 8.12. The number of benzene rings is 1. The molecule has 0 fully saturated rings. The SMILES string of the molecule is Cc1nc(NC(=O)CCN2C(=O)COc3ccccc32)sc1C. The number of carbonyl (C=O) groups excluding carboxylic acids is 2. The highest BCUT2D eigenvalue weighted by Gasteiger charge is 2.25. The first kappa shape index (κ1) is 15.5. The number of para-hydroxylation sites is 2. The summed E-state index contributed by atoms with van der Waals surface area (Å²) in [6.07, 6.45) is 0.206. The summed E-state index contributed by atoms with van der Waals surface area (Å²) in [5.74, 6) is 0.367. The second-order valence-corrected chi connectivity index (χ2v) is 6.46. The van der Waals surface area contributed by atoms with E-state index in [1.807, 2.05) is 38.1 Å². The van der Waals surface area contributed by atoms with E-state index < -0.39 is 0 Å². The van der Waals surface area contributed by atoms with Gasteiger partial charge in [0.15, 0.2) is 11.7 Å². The highest BCUT2D eigenvalue weighted by Crippen LogP contribution is 2.31. The fraction of sp³-hybridized carbons (Fsp3) is 0.312. The summed E-state index contributed by atoms with van der Waals surface area (Å²) in [7, 11) is 0. The average molecular weight is 331 g/mol. The highest BCUT2D eigenvalue weighted by atomic mass is 32.1. The molecule has 0 radical (unpaired) electrons. The van der Waals surface area contributed by atoms with Gasteiger partial charge in [-0.25, -0.2) is 4.98 Å². The third-order valence-electron chi connectivity index (χ3n) is 3.65. The molecule has 0 aliphatic carbocycles. The molecule has 0 saturated heterocycles. The molecule has 2 heterocycles. The summed E-state index contributed by atoms with van der Waals surface area (Å²) in [4.78, 5) is 31.1. The number of hydrogen-bond acceptors (Lipinski definition) is 5. The predicted molar refractivity (Wildman–Crippen MR) is 89.1 cm³/mol. The number of thiazole rings is 1. The van der Waals surface area contributed by atoms with Gasteiger partial charge >= 0.3 is 0 Å². The van der Waals surface area contributed by atoms with E-state index in [0.717, 1.165) is 10.6 Å². The molecule has 0 unspecified atom stereocenters. The molecular formula is C16H17N3O3S. The van der Waals surface area contributed by atoms with Crippen molar-refractivity contribution < 1.29 is 14.3 Å². The van der Waals surface area contributed by atoms with E-state index in [9.17, 15) is 9.59 Å². The zero-order valence-electron chi connectivity index (χ0n) is 13.0. The minimum Gasteiger partial charge on any atom is -0.482 e. The van der Waals surface area contributed by atoms with Gasteiger partial charge in [-0.2, -0.15) is 0 Å². The van der Waals surface area contributed by atoms with Crippen molar-refractivity contribution >= 4 is 34.0 Å². The molecule has 1 aliphatic heterocycles. The van der Waals surface area contributed by atoms with Gasteiger partial charge in [0.2, 0.25) is 5.91 Å². The van der Waals surface area contributed by atoms with Crippen molar-refractivity contribution in [3.05, 3.63) is 34.8 Å². The second kappa shape index (κ2) is 6.37. The van der Waals surface area contributed by atoms with Gasteiger partial charge in [-0.1, -0.05) is 12.1 Å². The van der Waals surface area contributed by atoms with E-state index in [-0.39, 0.29) is 24.8 Å². The molecule has 0 bridgehead atoms. The third-order valence-corrected chi connectivity index (χ3v) is 4.63. The maximum Gasteiger partial charge on any atom is 0.265 e. The van der Waals surface area contributed by atoms with E-state index in [0.29, 0.717) is 23.1 Å². The lowest BCUT2D eigenvalue weighted by molar-refractivity contribution is -0.121. The Morgan fingerprint density at radius 3 is 2.91 bits per heavy atom. The fourth-order valence-corrected chi connectivity index (χ4v) is 3.15. The Morgan fingerprint density at radius 1 is 1.39 bits per heavy atom. The summed E-state index contributed by atoms with van der Waals surface area (Å²) in [5, 5.41) is 3.38.